The number of rotatable bonds is 9. The molecule has 0 spiro atoms. The molecule has 20 heavy (non-hydrogen) atoms. The quantitative estimate of drug-likeness (QED) is 0.660. The first-order valence-corrected chi connectivity index (χ1v) is 7.14. The lowest BCUT2D eigenvalue weighted by atomic mass is 10.2. The van der Waals surface area contributed by atoms with Gasteiger partial charge in [-0.05, 0) is 31.5 Å². The topological polar surface area (TPSA) is 32.6 Å². The van der Waals surface area contributed by atoms with Crippen molar-refractivity contribution in [2.75, 3.05) is 33.5 Å². The van der Waals surface area contributed by atoms with Crippen LogP contribution in [0, 0.1) is 0 Å². The van der Waals surface area contributed by atoms with Gasteiger partial charge < -0.3 is 18.8 Å². The van der Waals surface area contributed by atoms with Crippen LogP contribution in [0.1, 0.15) is 13.3 Å². The van der Waals surface area contributed by atoms with Crippen LogP contribution >= 0.6 is 0 Å². The smallest absolute Gasteiger partial charge is 0.128 e. The van der Waals surface area contributed by atoms with Crippen molar-refractivity contribution < 1.29 is 14.2 Å². The molecule has 0 saturated heterocycles. The first kappa shape index (κ1) is 14.9. The van der Waals surface area contributed by atoms with Crippen LogP contribution < -0.4 is 4.74 Å². The number of aryl methyl sites for hydroxylation is 1. The molecule has 0 atom stereocenters. The maximum Gasteiger partial charge on any atom is 0.128 e. The average Bonchev–Trinajstić information content (AvgIpc) is 2.87. The molecule has 0 bridgehead atoms. The number of benzene rings is 1. The van der Waals surface area contributed by atoms with Gasteiger partial charge in [0.2, 0.25) is 0 Å². The number of hydrogen-bond donors (Lipinski definition) is 0. The number of methoxy groups -OCH3 is 1. The van der Waals surface area contributed by atoms with Crippen molar-refractivity contribution in [3.63, 3.8) is 0 Å². The minimum Gasteiger partial charge on any atom is -0.493 e. The van der Waals surface area contributed by atoms with Gasteiger partial charge >= 0.3 is 0 Å². The molecule has 110 valence electrons. The first-order valence-electron chi connectivity index (χ1n) is 7.14. The lowest BCUT2D eigenvalue weighted by Gasteiger charge is -2.08. The highest BCUT2D eigenvalue weighted by Gasteiger charge is 2.05. The third kappa shape index (κ3) is 3.74. The highest BCUT2D eigenvalue weighted by molar-refractivity contribution is 5.86. The largest absolute Gasteiger partial charge is 0.493 e. The molecular weight excluding hydrogens is 254 g/mol. The molecule has 0 N–H and O–H groups in total. The fourth-order valence-corrected chi connectivity index (χ4v) is 2.25. The molecule has 1 aromatic carbocycles. The fraction of sp³-hybridized carbons (Fsp3) is 0.500. The molecule has 0 aliphatic rings. The van der Waals surface area contributed by atoms with Crippen molar-refractivity contribution in [3.05, 3.63) is 30.5 Å². The lowest BCUT2D eigenvalue weighted by molar-refractivity contribution is 0.0681. The summed E-state index contributed by atoms with van der Waals surface area (Å²) in [6.45, 7) is 5.73. The minimum atomic E-state index is 0.657. The summed E-state index contributed by atoms with van der Waals surface area (Å²) in [4.78, 5) is 0. The molecule has 0 amide bonds. The second-order valence-corrected chi connectivity index (χ2v) is 4.59. The number of nitrogens with zero attached hydrogens (tertiary/aromatic N) is 1. The Bertz CT molecular complexity index is 521. The molecule has 0 aliphatic carbocycles. The number of fused-ring (bicyclic) bond motifs is 1. The van der Waals surface area contributed by atoms with Gasteiger partial charge in [0.15, 0.2) is 0 Å². The third-order valence-corrected chi connectivity index (χ3v) is 3.19. The van der Waals surface area contributed by atoms with Crippen molar-refractivity contribution in [1.82, 2.24) is 4.57 Å². The van der Waals surface area contributed by atoms with E-state index in [0.29, 0.717) is 19.8 Å². The summed E-state index contributed by atoms with van der Waals surface area (Å²) in [7, 11) is 1.69. The SMILES string of the molecule is CCOc1cccc2c1ccn2CCCOCCOC. The van der Waals surface area contributed by atoms with E-state index >= 15 is 0 Å². The highest BCUT2D eigenvalue weighted by atomic mass is 16.5. The Hall–Kier alpha value is -1.52. The van der Waals surface area contributed by atoms with E-state index in [9.17, 15) is 0 Å². The van der Waals surface area contributed by atoms with E-state index in [4.69, 9.17) is 14.2 Å². The molecule has 0 aliphatic heterocycles. The predicted octanol–water partition coefficient (Wildman–Crippen LogP) is 3.09. The van der Waals surface area contributed by atoms with Gasteiger partial charge in [-0.15, -0.1) is 0 Å². The summed E-state index contributed by atoms with van der Waals surface area (Å²) in [5.41, 5.74) is 1.22. The Morgan fingerprint density at radius 1 is 1.10 bits per heavy atom. The summed E-state index contributed by atoms with van der Waals surface area (Å²) in [5.74, 6) is 0.958. The average molecular weight is 277 g/mol. The van der Waals surface area contributed by atoms with Gasteiger partial charge in [-0.2, -0.15) is 0 Å². The molecule has 4 nitrogen and oxygen atoms in total. The molecule has 2 rings (SSSR count). The maximum absolute atomic E-state index is 5.65. The maximum atomic E-state index is 5.65. The normalized spacial score (nSPS) is 11.1. The van der Waals surface area contributed by atoms with Crippen molar-refractivity contribution in [2.24, 2.45) is 0 Å². The second-order valence-electron chi connectivity index (χ2n) is 4.59. The summed E-state index contributed by atoms with van der Waals surface area (Å²) in [6, 6.07) is 8.30. The van der Waals surface area contributed by atoms with Gasteiger partial charge in [0, 0.05) is 31.8 Å². The molecule has 2 aromatic rings. The zero-order chi connectivity index (χ0) is 14.2. The van der Waals surface area contributed by atoms with Crippen LogP contribution in [0.3, 0.4) is 0 Å². The predicted molar refractivity (Wildman–Crippen MR) is 80.4 cm³/mol. The minimum absolute atomic E-state index is 0.657. The summed E-state index contributed by atoms with van der Waals surface area (Å²) < 4.78 is 18.3. The molecule has 1 heterocycles. The second kappa shape index (κ2) is 7.92. The fourth-order valence-electron chi connectivity index (χ4n) is 2.25. The monoisotopic (exact) mass is 277 g/mol. The van der Waals surface area contributed by atoms with E-state index in [1.807, 2.05) is 19.1 Å². The van der Waals surface area contributed by atoms with E-state index < -0.39 is 0 Å². The molecule has 0 radical (unpaired) electrons. The third-order valence-electron chi connectivity index (χ3n) is 3.19. The number of aromatic nitrogens is 1. The van der Waals surface area contributed by atoms with E-state index in [1.54, 1.807) is 7.11 Å². The van der Waals surface area contributed by atoms with Gasteiger partial charge in [-0.25, -0.2) is 0 Å². The van der Waals surface area contributed by atoms with Crippen molar-refractivity contribution in [3.8, 4) is 5.75 Å². The molecule has 0 unspecified atom stereocenters. The van der Waals surface area contributed by atoms with Gasteiger partial charge in [-0.3, -0.25) is 0 Å². The van der Waals surface area contributed by atoms with Gasteiger partial charge in [-0.1, -0.05) is 6.07 Å². The standard InChI is InChI=1S/C16H23NO3/c1-3-20-16-7-4-6-15-14(16)8-10-17(15)9-5-11-19-13-12-18-2/h4,6-8,10H,3,5,9,11-13H2,1-2H3. The van der Waals surface area contributed by atoms with E-state index in [-0.39, 0.29) is 0 Å². The summed E-state index contributed by atoms with van der Waals surface area (Å²) in [5, 5.41) is 1.18. The van der Waals surface area contributed by atoms with Crippen LogP contribution in [0.15, 0.2) is 30.5 Å². The van der Waals surface area contributed by atoms with Crippen LogP contribution in [0.2, 0.25) is 0 Å². The van der Waals surface area contributed by atoms with Crippen LogP contribution in [0.25, 0.3) is 10.9 Å². The zero-order valence-electron chi connectivity index (χ0n) is 12.3. The number of ether oxygens (including phenoxy) is 3. The van der Waals surface area contributed by atoms with Crippen molar-refractivity contribution >= 4 is 10.9 Å². The molecule has 4 heteroatoms. The van der Waals surface area contributed by atoms with Crippen LogP contribution in [0.4, 0.5) is 0 Å². The molecule has 0 fully saturated rings. The Balaban J connectivity index is 1.92. The Labute approximate surface area is 120 Å². The van der Waals surface area contributed by atoms with Gasteiger partial charge in [0.1, 0.15) is 5.75 Å². The van der Waals surface area contributed by atoms with E-state index in [0.717, 1.165) is 25.3 Å². The van der Waals surface area contributed by atoms with E-state index in [2.05, 4.69) is 22.9 Å². The highest BCUT2D eigenvalue weighted by Crippen LogP contribution is 2.26. The van der Waals surface area contributed by atoms with Gasteiger partial charge in [0.05, 0.1) is 25.3 Å². The number of hydrogen-bond acceptors (Lipinski definition) is 3. The Morgan fingerprint density at radius 2 is 2.00 bits per heavy atom. The Morgan fingerprint density at radius 3 is 2.80 bits per heavy atom. The van der Waals surface area contributed by atoms with Crippen molar-refractivity contribution in [1.29, 1.82) is 0 Å². The van der Waals surface area contributed by atoms with Crippen LogP contribution in [0.5, 0.6) is 5.75 Å². The van der Waals surface area contributed by atoms with Crippen molar-refractivity contribution in [2.45, 2.75) is 19.9 Å². The first-order chi connectivity index (χ1) is 9.86. The molecule has 1 aromatic heterocycles. The molecular formula is C16H23NO3. The summed E-state index contributed by atoms with van der Waals surface area (Å²) >= 11 is 0. The van der Waals surface area contributed by atoms with E-state index in [1.165, 1.54) is 10.9 Å². The van der Waals surface area contributed by atoms with Gasteiger partial charge in [0.25, 0.3) is 0 Å². The van der Waals surface area contributed by atoms with Crippen LogP contribution in [-0.4, -0.2) is 38.1 Å². The Kier molecular flexibility index (Phi) is 5.89. The molecule has 0 saturated carbocycles. The summed E-state index contributed by atoms with van der Waals surface area (Å²) in [6.07, 6.45) is 3.11. The zero-order valence-corrected chi connectivity index (χ0v) is 12.3. The lowest BCUT2D eigenvalue weighted by Crippen LogP contribution is -2.05. The van der Waals surface area contributed by atoms with Crippen LogP contribution in [-0.2, 0) is 16.0 Å².